The zero-order valence-corrected chi connectivity index (χ0v) is 21.7. The molecule has 0 heterocycles. The molecule has 0 atom stereocenters. The van der Waals surface area contributed by atoms with Crippen molar-refractivity contribution in [3.05, 3.63) is 73.3 Å². The minimum absolute atomic E-state index is 0.0606. The SMILES string of the molecule is C=CCOCCCCCCCCCCO[Si](c1ccccc1)(c1ccccc1)C(C)(C)C. The van der Waals surface area contributed by atoms with Gasteiger partial charge in [-0.15, -0.1) is 6.58 Å². The van der Waals surface area contributed by atoms with E-state index in [1.807, 2.05) is 6.08 Å². The van der Waals surface area contributed by atoms with Crippen LogP contribution in [0.4, 0.5) is 0 Å². The molecule has 0 aliphatic heterocycles. The first-order valence-electron chi connectivity index (χ1n) is 12.5. The van der Waals surface area contributed by atoms with Gasteiger partial charge in [0.05, 0.1) is 6.61 Å². The van der Waals surface area contributed by atoms with Crippen LogP contribution in [-0.4, -0.2) is 28.1 Å². The number of benzene rings is 2. The van der Waals surface area contributed by atoms with E-state index < -0.39 is 8.32 Å². The summed E-state index contributed by atoms with van der Waals surface area (Å²) in [5.41, 5.74) is 0. The summed E-state index contributed by atoms with van der Waals surface area (Å²) >= 11 is 0. The quantitative estimate of drug-likeness (QED) is 0.157. The van der Waals surface area contributed by atoms with Crippen molar-refractivity contribution in [1.82, 2.24) is 0 Å². The normalized spacial score (nSPS) is 12.1. The van der Waals surface area contributed by atoms with Crippen LogP contribution in [0.1, 0.15) is 72.1 Å². The van der Waals surface area contributed by atoms with Gasteiger partial charge in [0.25, 0.3) is 8.32 Å². The molecular formula is C29H44O2Si. The molecule has 0 radical (unpaired) electrons. The highest BCUT2D eigenvalue weighted by atomic mass is 28.4. The fourth-order valence-corrected chi connectivity index (χ4v) is 9.13. The van der Waals surface area contributed by atoms with E-state index in [4.69, 9.17) is 9.16 Å². The molecule has 0 aromatic heterocycles. The summed E-state index contributed by atoms with van der Waals surface area (Å²) in [6, 6.07) is 21.9. The molecule has 0 spiro atoms. The largest absolute Gasteiger partial charge is 0.407 e. The van der Waals surface area contributed by atoms with E-state index in [1.54, 1.807) is 0 Å². The van der Waals surface area contributed by atoms with Crippen LogP contribution < -0.4 is 10.4 Å². The molecule has 0 bridgehead atoms. The molecule has 2 aromatic rings. The number of hydrogen-bond acceptors (Lipinski definition) is 2. The Balaban J connectivity index is 1.83. The molecule has 0 aliphatic carbocycles. The van der Waals surface area contributed by atoms with Gasteiger partial charge in [-0.2, -0.15) is 0 Å². The second-order valence-electron chi connectivity index (χ2n) is 9.70. The third-order valence-corrected chi connectivity index (χ3v) is 11.2. The predicted octanol–water partition coefficient (Wildman–Crippen LogP) is 6.89. The van der Waals surface area contributed by atoms with E-state index in [1.165, 1.54) is 55.3 Å². The second-order valence-corrected chi connectivity index (χ2v) is 14.0. The van der Waals surface area contributed by atoms with Gasteiger partial charge in [-0.05, 0) is 28.3 Å². The fourth-order valence-electron chi connectivity index (χ4n) is 4.52. The van der Waals surface area contributed by atoms with Gasteiger partial charge >= 0.3 is 0 Å². The van der Waals surface area contributed by atoms with E-state index in [9.17, 15) is 0 Å². The van der Waals surface area contributed by atoms with Crippen molar-refractivity contribution in [1.29, 1.82) is 0 Å². The Hall–Kier alpha value is -1.68. The van der Waals surface area contributed by atoms with Crippen LogP contribution in [-0.2, 0) is 9.16 Å². The van der Waals surface area contributed by atoms with Crippen molar-refractivity contribution in [2.45, 2.75) is 77.2 Å². The molecule has 176 valence electrons. The number of unbranched alkanes of at least 4 members (excludes halogenated alkanes) is 7. The van der Waals surface area contributed by atoms with Crippen molar-refractivity contribution in [2.24, 2.45) is 0 Å². The molecule has 0 fully saturated rings. The zero-order chi connectivity index (χ0) is 23.1. The fraction of sp³-hybridized carbons (Fsp3) is 0.517. The van der Waals surface area contributed by atoms with Gasteiger partial charge in [0.1, 0.15) is 0 Å². The Bertz CT molecular complexity index is 697. The lowest BCUT2D eigenvalue weighted by atomic mass is 10.1. The summed E-state index contributed by atoms with van der Waals surface area (Å²) in [5, 5.41) is 2.80. The first-order valence-corrected chi connectivity index (χ1v) is 14.4. The monoisotopic (exact) mass is 452 g/mol. The average molecular weight is 453 g/mol. The summed E-state index contributed by atoms with van der Waals surface area (Å²) < 4.78 is 12.4. The molecule has 0 saturated heterocycles. The molecule has 2 aromatic carbocycles. The summed E-state index contributed by atoms with van der Waals surface area (Å²) in [4.78, 5) is 0. The second kappa shape index (κ2) is 14.5. The van der Waals surface area contributed by atoms with Gasteiger partial charge in [-0.3, -0.25) is 0 Å². The molecular weight excluding hydrogens is 408 g/mol. The maximum atomic E-state index is 6.98. The topological polar surface area (TPSA) is 18.5 Å². The van der Waals surface area contributed by atoms with Gasteiger partial charge in [-0.1, -0.05) is 126 Å². The standard InChI is InChI=1S/C29H44O2Si/c1-5-24-30-25-18-10-8-6-7-9-11-19-26-31-32(29(2,3)4,27-20-14-12-15-21-27)28-22-16-13-17-23-28/h5,12-17,20-23H,1,6-11,18-19,24-26H2,2-4H3. The molecule has 0 saturated carbocycles. The van der Waals surface area contributed by atoms with Gasteiger partial charge in [-0.25, -0.2) is 0 Å². The highest BCUT2D eigenvalue weighted by molar-refractivity contribution is 6.99. The minimum atomic E-state index is -2.37. The van der Waals surface area contributed by atoms with Crippen LogP contribution in [0.3, 0.4) is 0 Å². The number of rotatable bonds is 16. The summed E-state index contributed by atoms with van der Waals surface area (Å²) in [5.74, 6) is 0. The van der Waals surface area contributed by atoms with Crippen molar-refractivity contribution in [3.63, 3.8) is 0 Å². The van der Waals surface area contributed by atoms with E-state index in [2.05, 4.69) is 88.0 Å². The Kier molecular flexibility index (Phi) is 12.0. The lowest BCUT2D eigenvalue weighted by molar-refractivity contribution is 0.157. The average Bonchev–Trinajstić information content (AvgIpc) is 2.80. The zero-order valence-electron chi connectivity index (χ0n) is 20.7. The highest BCUT2D eigenvalue weighted by Gasteiger charge is 2.49. The van der Waals surface area contributed by atoms with E-state index in [-0.39, 0.29) is 5.04 Å². The van der Waals surface area contributed by atoms with Crippen LogP contribution in [0, 0.1) is 0 Å². The smallest absolute Gasteiger partial charge is 0.261 e. The van der Waals surface area contributed by atoms with Crippen LogP contribution in [0.25, 0.3) is 0 Å². The van der Waals surface area contributed by atoms with Crippen LogP contribution in [0.5, 0.6) is 0 Å². The van der Waals surface area contributed by atoms with Crippen LogP contribution >= 0.6 is 0 Å². The lowest BCUT2D eigenvalue weighted by Gasteiger charge is -2.43. The molecule has 2 rings (SSSR count). The predicted molar refractivity (Wildman–Crippen MR) is 142 cm³/mol. The summed E-state index contributed by atoms with van der Waals surface area (Å²) in [6.07, 6.45) is 11.9. The lowest BCUT2D eigenvalue weighted by Crippen LogP contribution is -2.66. The summed E-state index contributed by atoms with van der Waals surface area (Å²) in [6.45, 7) is 13.1. The molecule has 0 aliphatic rings. The highest BCUT2D eigenvalue weighted by Crippen LogP contribution is 2.36. The van der Waals surface area contributed by atoms with Crippen LogP contribution in [0.15, 0.2) is 73.3 Å². The molecule has 0 N–H and O–H groups in total. The van der Waals surface area contributed by atoms with Crippen LogP contribution in [0.2, 0.25) is 5.04 Å². The van der Waals surface area contributed by atoms with Crippen molar-refractivity contribution in [3.8, 4) is 0 Å². The van der Waals surface area contributed by atoms with Gasteiger partial charge in [0.2, 0.25) is 0 Å². The Morgan fingerprint density at radius 1 is 0.688 bits per heavy atom. The summed E-state index contributed by atoms with van der Waals surface area (Å²) in [7, 11) is -2.37. The van der Waals surface area contributed by atoms with Gasteiger partial charge < -0.3 is 9.16 Å². The van der Waals surface area contributed by atoms with Gasteiger partial charge in [0.15, 0.2) is 0 Å². The van der Waals surface area contributed by atoms with E-state index in [0.29, 0.717) is 6.61 Å². The van der Waals surface area contributed by atoms with Crippen molar-refractivity contribution in [2.75, 3.05) is 19.8 Å². The first-order chi connectivity index (χ1) is 15.5. The third-order valence-electron chi connectivity index (χ3n) is 6.15. The molecule has 3 heteroatoms. The Morgan fingerprint density at radius 3 is 1.56 bits per heavy atom. The molecule has 0 amide bonds. The van der Waals surface area contributed by atoms with Crippen molar-refractivity contribution < 1.29 is 9.16 Å². The maximum Gasteiger partial charge on any atom is 0.261 e. The Morgan fingerprint density at radius 2 is 1.12 bits per heavy atom. The molecule has 2 nitrogen and oxygen atoms in total. The Labute approximate surface area is 198 Å². The molecule has 32 heavy (non-hydrogen) atoms. The van der Waals surface area contributed by atoms with Crippen molar-refractivity contribution >= 4 is 18.7 Å². The number of ether oxygens (including phenoxy) is 1. The van der Waals surface area contributed by atoms with E-state index in [0.717, 1.165) is 19.6 Å². The third kappa shape index (κ3) is 8.02. The minimum Gasteiger partial charge on any atom is -0.407 e. The van der Waals surface area contributed by atoms with E-state index >= 15 is 0 Å². The maximum absolute atomic E-state index is 6.98. The molecule has 0 unspecified atom stereocenters. The van der Waals surface area contributed by atoms with Gasteiger partial charge in [0, 0.05) is 13.2 Å². The first kappa shape index (κ1) is 26.6. The number of hydrogen-bond donors (Lipinski definition) is 0.